The predicted octanol–water partition coefficient (Wildman–Crippen LogP) is 1.18. The van der Waals surface area contributed by atoms with E-state index in [0.717, 1.165) is 37.6 Å². The Labute approximate surface area is 107 Å². The van der Waals surface area contributed by atoms with Gasteiger partial charge in [-0.15, -0.1) is 0 Å². The highest BCUT2D eigenvalue weighted by Gasteiger charge is 2.42. The minimum absolute atomic E-state index is 0.399. The Morgan fingerprint density at radius 1 is 1.56 bits per heavy atom. The Balaban J connectivity index is 1.53. The topological polar surface area (TPSA) is 59.2 Å². The molecule has 2 bridgehead atoms. The zero-order valence-electron chi connectivity index (χ0n) is 10.8. The summed E-state index contributed by atoms with van der Waals surface area (Å²) in [7, 11) is 1.71. The lowest BCUT2D eigenvalue weighted by molar-refractivity contribution is 0.0999. The molecule has 3 rings (SSSR count). The van der Waals surface area contributed by atoms with E-state index >= 15 is 0 Å². The van der Waals surface area contributed by atoms with Crippen molar-refractivity contribution < 1.29 is 9.47 Å². The van der Waals surface area contributed by atoms with E-state index in [4.69, 9.17) is 9.47 Å². The molecule has 5 heteroatoms. The maximum absolute atomic E-state index is 5.87. The van der Waals surface area contributed by atoms with Crippen LogP contribution in [-0.2, 0) is 16.0 Å². The van der Waals surface area contributed by atoms with Crippen LogP contribution < -0.4 is 5.32 Å². The first-order chi connectivity index (χ1) is 8.86. The van der Waals surface area contributed by atoms with Crippen LogP contribution in [0.2, 0.25) is 0 Å². The molecule has 18 heavy (non-hydrogen) atoms. The van der Waals surface area contributed by atoms with E-state index in [1.165, 1.54) is 12.8 Å². The maximum atomic E-state index is 5.87. The fourth-order valence-corrected chi connectivity index (χ4v) is 2.98. The Bertz CT molecular complexity index is 393. The number of H-pyrrole nitrogens is 1. The summed E-state index contributed by atoms with van der Waals surface area (Å²) in [5.74, 6) is 1.59. The summed E-state index contributed by atoms with van der Waals surface area (Å²) in [5, 5.41) is 3.31. The van der Waals surface area contributed by atoms with Gasteiger partial charge in [0.25, 0.3) is 0 Å². The van der Waals surface area contributed by atoms with Crippen LogP contribution in [0.15, 0.2) is 6.20 Å². The SMILES string of the molecule is COCCNCc1cnc(C2CC3CCC2O3)[nH]1. The van der Waals surface area contributed by atoms with Gasteiger partial charge < -0.3 is 19.8 Å². The zero-order chi connectivity index (χ0) is 12.4. The molecule has 100 valence electrons. The predicted molar refractivity (Wildman–Crippen MR) is 67.4 cm³/mol. The molecule has 2 fully saturated rings. The lowest BCUT2D eigenvalue weighted by atomic mass is 9.89. The number of nitrogens with zero attached hydrogens (tertiary/aromatic N) is 1. The minimum Gasteiger partial charge on any atom is -0.383 e. The molecule has 0 saturated carbocycles. The Morgan fingerprint density at radius 2 is 2.50 bits per heavy atom. The molecule has 2 saturated heterocycles. The summed E-state index contributed by atoms with van der Waals surface area (Å²) in [6.07, 6.45) is 6.37. The van der Waals surface area contributed by atoms with Crippen LogP contribution in [0.3, 0.4) is 0 Å². The first-order valence-electron chi connectivity index (χ1n) is 6.75. The number of imidazole rings is 1. The quantitative estimate of drug-likeness (QED) is 0.745. The number of rotatable bonds is 6. The maximum Gasteiger partial charge on any atom is 0.112 e. The van der Waals surface area contributed by atoms with E-state index < -0.39 is 0 Å². The number of fused-ring (bicyclic) bond motifs is 2. The summed E-state index contributed by atoms with van der Waals surface area (Å²) in [6.45, 7) is 2.42. The number of hydrogen-bond donors (Lipinski definition) is 2. The Morgan fingerprint density at radius 3 is 3.22 bits per heavy atom. The highest BCUT2D eigenvalue weighted by Crippen LogP contribution is 2.43. The van der Waals surface area contributed by atoms with Crippen molar-refractivity contribution in [3.8, 4) is 0 Å². The number of ether oxygens (including phenoxy) is 2. The molecule has 2 aliphatic heterocycles. The van der Waals surface area contributed by atoms with Gasteiger partial charge in [-0.05, 0) is 19.3 Å². The van der Waals surface area contributed by atoms with Crippen LogP contribution in [0, 0.1) is 0 Å². The fourth-order valence-electron chi connectivity index (χ4n) is 2.98. The molecule has 3 atom stereocenters. The van der Waals surface area contributed by atoms with Crippen LogP contribution in [0.4, 0.5) is 0 Å². The molecule has 1 aromatic heterocycles. The van der Waals surface area contributed by atoms with Crippen LogP contribution in [0.1, 0.15) is 36.7 Å². The fraction of sp³-hybridized carbons (Fsp3) is 0.769. The van der Waals surface area contributed by atoms with E-state index in [9.17, 15) is 0 Å². The third-order valence-electron chi connectivity index (χ3n) is 3.90. The van der Waals surface area contributed by atoms with Gasteiger partial charge in [-0.25, -0.2) is 4.98 Å². The molecule has 2 aliphatic rings. The molecule has 1 aromatic rings. The van der Waals surface area contributed by atoms with Crippen molar-refractivity contribution in [1.29, 1.82) is 0 Å². The van der Waals surface area contributed by atoms with Crippen molar-refractivity contribution in [2.75, 3.05) is 20.3 Å². The van der Waals surface area contributed by atoms with Gasteiger partial charge in [0.2, 0.25) is 0 Å². The number of hydrogen-bond acceptors (Lipinski definition) is 4. The standard InChI is InChI=1S/C13H21N3O2/c1-17-5-4-14-7-9-8-15-13(16-9)11-6-10-2-3-12(11)18-10/h8,10-12,14H,2-7H2,1H3,(H,15,16). The highest BCUT2D eigenvalue weighted by molar-refractivity contribution is 5.11. The lowest BCUT2D eigenvalue weighted by Gasteiger charge is -2.15. The normalized spacial score (nSPS) is 30.2. The second-order valence-corrected chi connectivity index (χ2v) is 5.18. The van der Waals surface area contributed by atoms with E-state index in [1.807, 2.05) is 6.20 Å². The van der Waals surface area contributed by atoms with E-state index in [2.05, 4.69) is 15.3 Å². The van der Waals surface area contributed by atoms with Crippen molar-refractivity contribution in [1.82, 2.24) is 15.3 Å². The molecule has 0 radical (unpaired) electrons. The molecular formula is C13H21N3O2. The molecule has 3 unspecified atom stereocenters. The Hall–Kier alpha value is -0.910. The zero-order valence-corrected chi connectivity index (χ0v) is 10.8. The molecule has 0 spiro atoms. The summed E-state index contributed by atoms with van der Waals surface area (Å²) in [6, 6.07) is 0. The summed E-state index contributed by atoms with van der Waals surface area (Å²) >= 11 is 0. The molecule has 0 aliphatic carbocycles. The van der Waals surface area contributed by atoms with Crippen LogP contribution >= 0.6 is 0 Å². The van der Waals surface area contributed by atoms with E-state index in [-0.39, 0.29) is 0 Å². The van der Waals surface area contributed by atoms with Crippen LogP contribution in [0.5, 0.6) is 0 Å². The van der Waals surface area contributed by atoms with E-state index in [0.29, 0.717) is 18.1 Å². The van der Waals surface area contributed by atoms with Crippen molar-refractivity contribution in [3.05, 3.63) is 17.7 Å². The summed E-state index contributed by atoms with van der Waals surface area (Å²) < 4.78 is 10.9. The molecule has 0 aromatic carbocycles. The number of aromatic nitrogens is 2. The van der Waals surface area contributed by atoms with Gasteiger partial charge in [0, 0.05) is 38.0 Å². The minimum atomic E-state index is 0.399. The van der Waals surface area contributed by atoms with Crippen LogP contribution in [0.25, 0.3) is 0 Å². The van der Waals surface area contributed by atoms with Crippen molar-refractivity contribution in [2.24, 2.45) is 0 Å². The van der Waals surface area contributed by atoms with Gasteiger partial charge in [-0.1, -0.05) is 0 Å². The van der Waals surface area contributed by atoms with Gasteiger partial charge in [-0.2, -0.15) is 0 Å². The first-order valence-corrected chi connectivity index (χ1v) is 6.75. The van der Waals surface area contributed by atoms with Crippen LogP contribution in [-0.4, -0.2) is 42.4 Å². The number of methoxy groups -OCH3 is 1. The lowest BCUT2D eigenvalue weighted by Crippen LogP contribution is -2.19. The molecule has 5 nitrogen and oxygen atoms in total. The second-order valence-electron chi connectivity index (χ2n) is 5.18. The summed E-state index contributed by atoms with van der Waals surface area (Å²) in [5.41, 5.74) is 1.14. The van der Waals surface area contributed by atoms with Crippen molar-refractivity contribution >= 4 is 0 Å². The molecule has 2 N–H and O–H groups in total. The average Bonchev–Trinajstić information content (AvgIpc) is 3.09. The second kappa shape index (κ2) is 5.38. The molecular weight excluding hydrogens is 230 g/mol. The van der Waals surface area contributed by atoms with Gasteiger partial charge >= 0.3 is 0 Å². The Kier molecular flexibility index (Phi) is 3.63. The monoisotopic (exact) mass is 251 g/mol. The number of aromatic amines is 1. The van der Waals surface area contributed by atoms with Gasteiger partial charge in [0.15, 0.2) is 0 Å². The molecule has 3 heterocycles. The van der Waals surface area contributed by atoms with Crippen molar-refractivity contribution in [3.63, 3.8) is 0 Å². The number of nitrogens with one attached hydrogen (secondary N) is 2. The first kappa shape index (κ1) is 12.1. The smallest absolute Gasteiger partial charge is 0.112 e. The third kappa shape index (κ3) is 2.43. The highest BCUT2D eigenvalue weighted by atomic mass is 16.5. The van der Waals surface area contributed by atoms with Gasteiger partial charge in [-0.3, -0.25) is 0 Å². The van der Waals surface area contributed by atoms with E-state index in [1.54, 1.807) is 7.11 Å². The van der Waals surface area contributed by atoms with Crippen molar-refractivity contribution in [2.45, 2.75) is 43.9 Å². The van der Waals surface area contributed by atoms with Gasteiger partial charge in [0.05, 0.1) is 18.8 Å². The largest absolute Gasteiger partial charge is 0.383 e. The van der Waals surface area contributed by atoms with Gasteiger partial charge in [0.1, 0.15) is 5.82 Å². The third-order valence-corrected chi connectivity index (χ3v) is 3.90. The molecule has 0 amide bonds. The summed E-state index contributed by atoms with van der Waals surface area (Å²) in [4.78, 5) is 7.93. The average molecular weight is 251 g/mol.